The maximum absolute atomic E-state index is 13.3. The molecule has 2 aliphatic heterocycles. The Morgan fingerprint density at radius 1 is 1.37 bits per heavy atom. The number of rotatable bonds is 3. The number of halogens is 2. The molecule has 1 saturated heterocycles. The van der Waals surface area contributed by atoms with Crippen LogP contribution in [0.2, 0.25) is 5.02 Å². The highest BCUT2D eigenvalue weighted by molar-refractivity contribution is 6.31. The summed E-state index contributed by atoms with van der Waals surface area (Å²) in [6.07, 6.45) is 3.15. The first-order valence-electron chi connectivity index (χ1n) is 9.35. The molecule has 2 atom stereocenters. The molecule has 1 fully saturated rings. The summed E-state index contributed by atoms with van der Waals surface area (Å²) in [4.78, 5) is 27.8. The molecule has 0 saturated carbocycles. The van der Waals surface area contributed by atoms with E-state index in [-0.39, 0.29) is 23.2 Å². The molecule has 0 aliphatic carbocycles. The van der Waals surface area contributed by atoms with Crippen LogP contribution < -0.4 is 5.69 Å². The first kappa shape index (κ1) is 18.2. The van der Waals surface area contributed by atoms with Gasteiger partial charge in [-0.2, -0.15) is 5.10 Å². The van der Waals surface area contributed by atoms with E-state index in [0.29, 0.717) is 30.1 Å². The summed E-state index contributed by atoms with van der Waals surface area (Å²) in [5, 5.41) is 4.68. The van der Waals surface area contributed by atoms with Gasteiger partial charge in [-0.25, -0.2) is 13.9 Å². The lowest BCUT2D eigenvalue weighted by Gasteiger charge is -2.27. The first-order chi connectivity index (χ1) is 12.9. The van der Waals surface area contributed by atoms with Crippen LogP contribution in [0.4, 0.5) is 4.39 Å². The maximum Gasteiger partial charge on any atom is 0.346 e. The minimum absolute atomic E-state index is 0.0155. The van der Waals surface area contributed by atoms with E-state index in [1.165, 1.54) is 16.8 Å². The van der Waals surface area contributed by atoms with Crippen molar-refractivity contribution >= 4 is 17.5 Å². The number of hydrogen-bond acceptors (Lipinski definition) is 3. The van der Waals surface area contributed by atoms with Crippen LogP contribution in [0, 0.1) is 11.7 Å². The molecule has 0 N–H and O–H groups in total. The van der Waals surface area contributed by atoms with Gasteiger partial charge in [-0.1, -0.05) is 24.6 Å². The van der Waals surface area contributed by atoms with Crippen LogP contribution >= 0.6 is 11.6 Å². The summed E-state index contributed by atoms with van der Waals surface area (Å²) in [5.74, 6) is 0.722. The molecule has 1 aromatic carbocycles. The minimum Gasteiger partial charge on any atom is -0.341 e. The zero-order valence-electron chi connectivity index (χ0n) is 15.2. The van der Waals surface area contributed by atoms with Crippen molar-refractivity contribution in [1.29, 1.82) is 0 Å². The first-order valence-corrected chi connectivity index (χ1v) is 9.73. The Kier molecular flexibility index (Phi) is 4.80. The molecule has 144 valence electrons. The molecule has 3 heterocycles. The van der Waals surface area contributed by atoms with E-state index in [1.54, 1.807) is 10.6 Å². The number of carbonyl (C=O) groups excluding carboxylic acids is 1. The molecule has 0 radical (unpaired) electrons. The number of benzene rings is 1. The van der Waals surface area contributed by atoms with Crippen LogP contribution in [0.25, 0.3) is 0 Å². The van der Waals surface area contributed by atoms with E-state index >= 15 is 0 Å². The lowest BCUT2D eigenvalue weighted by atomic mass is 10.0. The van der Waals surface area contributed by atoms with E-state index in [0.717, 1.165) is 25.9 Å². The van der Waals surface area contributed by atoms with Crippen LogP contribution in [0.5, 0.6) is 0 Å². The molecule has 6 nitrogen and oxygen atoms in total. The number of aryl methyl sites for hydroxylation is 1. The Labute approximate surface area is 161 Å². The second-order valence-corrected chi connectivity index (χ2v) is 7.96. The SMILES string of the molecule is C[C@H]1CCN(C(=O)[C@@H]2CCCc3nn(Cc4ccc(F)cc4Cl)c(=O)n32)C1. The summed E-state index contributed by atoms with van der Waals surface area (Å²) < 4.78 is 16.1. The molecule has 0 unspecified atom stereocenters. The molecule has 2 aliphatic rings. The van der Waals surface area contributed by atoms with Crippen molar-refractivity contribution in [2.24, 2.45) is 5.92 Å². The van der Waals surface area contributed by atoms with Crippen LogP contribution in [0.3, 0.4) is 0 Å². The van der Waals surface area contributed by atoms with Crippen molar-refractivity contribution in [2.75, 3.05) is 13.1 Å². The Morgan fingerprint density at radius 3 is 2.89 bits per heavy atom. The molecule has 1 aromatic heterocycles. The third-order valence-corrected chi connectivity index (χ3v) is 5.84. The van der Waals surface area contributed by atoms with E-state index in [1.807, 2.05) is 4.90 Å². The largest absolute Gasteiger partial charge is 0.346 e. The van der Waals surface area contributed by atoms with Crippen molar-refractivity contribution in [2.45, 2.75) is 45.2 Å². The smallest absolute Gasteiger partial charge is 0.341 e. The van der Waals surface area contributed by atoms with Gasteiger partial charge in [-0.3, -0.25) is 9.36 Å². The van der Waals surface area contributed by atoms with Gasteiger partial charge in [-0.15, -0.1) is 0 Å². The fourth-order valence-corrected chi connectivity index (χ4v) is 4.25. The van der Waals surface area contributed by atoms with Gasteiger partial charge >= 0.3 is 5.69 Å². The monoisotopic (exact) mass is 392 g/mol. The Morgan fingerprint density at radius 2 is 2.19 bits per heavy atom. The Hall–Kier alpha value is -2.15. The third kappa shape index (κ3) is 3.40. The minimum atomic E-state index is -0.482. The lowest BCUT2D eigenvalue weighted by Crippen LogP contribution is -2.41. The molecule has 4 rings (SSSR count). The van der Waals surface area contributed by atoms with E-state index in [2.05, 4.69) is 12.0 Å². The number of carbonyl (C=O) groups is 1. The van der Waals surface area contributed by atoms with Crippen LogP contribution in [0.1, 0.15) is 43.6 Å². The number of amides is 1. The van der Waals surface area contributed by atoms with Crippen LogP contribution in [-0.4, -0.2) is 38.2 Å². The standard InChI is InChI=1S/C19H22ClFN4O2/c1-12-7-8-23(10-12)18(26)16-3-2-4-17-22-24(19(27)25(16)17)11-13-5-6-14(21)9-15(13)20/h5-6,9,12,16H,2-4,7-8,10-11H2,1H3/t12-,16-/m0/s1. The van der Waals surface area contributed by atoms with Gasteiger partial charge in [0.1, 0.15) is 17.7 Å². The number of aromatic nitrogens is 3. The van der Waals surface area contributed by atoms with Gasteiger partial charge in [0.25, 0.3) is 0 Å². The highest BCUT2D eigenvalue weighted by Crippen LogP contribution is 2.27. The second kappa shape index (κ2) is 7.11. The molecule has 2 aromatic rings. The van der Waals surface area contributed by atoms with Gasteiger partial charge in [0, 0.05) is 24.5 Å². The van der Waals surface area contributed by atoms with Crippen molar-refractivity contribution in [3.05, 3.63) is 50.9 Å². The van der Waals surface area contributed by atoms with Crippen LogP contribution in [0.15, 0.2) is 23.0 Å². The summed E-state index contributed by atoms with van der Waals surface area (Å²) in [5.41, 5.74) is 0.308. The normalized spacial score (nSPS) is 22.1. The predicted octanol–water partition coefficient (Wildman–Crippen LogP) is 2.63. The summed E-state index contributed by atoms with van der Waals surface area (Å²) in [6, 6.07) is 3.60. The zero-order chi connectivity index (χ0) is 19.1. The average molecular weight is 393 g/mol. The van der Waals surface area contributed by atoms with E-state index in [9.17, 15) is 14.0 Å². The molecule has 0 bridgehead atoms. The van der Waals surface area contributed by atoms with Crippen molar-refractivity contribution < 1.29 is 9.18 Å². The average Bonchev–Trinajstić information content (AvgIpc) is 3.21. The Bertz CT molecular complexity index is 938. The number of likely N-dealkylation sites (tertiary alicyclic amines) is 1. The van der Waals surface area contributed by atoms with Gasteiger partial charge in [0.05, 0.1) is 6.54 Å². The molecule has 0 spiro atoms. The van der Waals surface area contributed by atoms with E-state index in [4.69, 9.17) is 11.6 Å². The quantitative estimate of drug-likeness (QED) is 0.806. The predicted molar refractivity (Wildman–Crippen MR) is 99.3 cm³/mol. The zero-order valence-corrected chi connectivity index (χ0v) is 16.0. The Balaban J connectivity index is 1.64. The van der Waals surface area contributed by atoms with Gasteiger partial charge in [0.15, 0.2) is 0 Å². The van der Waals surface area contributed by atoms with Crippen molar-refractivity contribution in [1.82, 2.24) is 19.2 Å². The van der Waals surface area contributed by atoms with Gasteiger partial charge in [0.2, 0.25) is 5.91 Å². The third-order valence-electron chi connectivity index (χ3n) is 5.49. The number of hydrogen-bond donors (Lipinski definition) is 0. The second-order valence-electron chi connectivity index (χ2n) is 7.55. The summed E-state index contributed by atoms with van der Waals surface area (Å²) in [6.45, 7) is 3.79. The highest BCUT2D eigenvalue weighted by Gasteiger charge is 2.35. The fourth-order valence-electron chi connectivity index (χ4n) is 4.03. The van der Waals surface area contributed by atoms with E-state index < -0.39 is 11.9 Å². The van der Waals surface area contributed by atoms with Gasteiger partial charge in [-0.05, 0) is 42.9 Å². The maximum atomic E-state index is 13.3. The molecule has 27 heavy (non-hydrogen) atoms. The summed E-state index contributed by atoms with van der Waals surface area (Å²) in [7, 11) is 0. The highest BCUT2D eigenvalue weighted by atomic mass is 35.5. The topological polar surface area (TPSA) is 60.1 Å². The fraction of sp³-hybridized carbons (Fsp3) is 0.526. The summed E-state index contributed by atoms with van der Waals surface area (Å²) >= 11 is 6.09. The molecule has 8 heteroatoms. The molecular weight excluding hydrogens is 371 g/mol. The number of fused-ring (bicyclic) bond motifs is 1. The van der Waals surface area contributed by atoms with Gasteiger partial charge < -0.3 is 4.90 Å². The molecule has 1 amide bonds. The van der Waals surface area contributed by atoms with Crippen molar-refractivity contribution in [3.63, 3.8) is 0 Å². The number of nitrogens with zero attached hydrogens (tertiary/aromatic N) is 4. The van der Waals surface area contributed by atoms with Crippen LogP contribution in [-0.2, 0) is 17.8 Å². The van der Waals surface area contributed by atoms with Crippen molar-refractivity contribution in [3.8, 4) is 0 Å². The molecular formula is C19H22ClFN4O2. The lowest BCUT2D eigenvalue weighted by molar-refractivity contribution is -0.134.